The van der Waals surface area contributed by atoms with Gasteiger partial charge in [-0.15, -0.1) is 0 Å². The Kier molecular flexibility index (Phi) is 5.55. The van der Waals surface area contributed by atoms with Gasteiger partial charge in [-0.2, -0.15) is 0 Å². The molecule has 0 spiro atoms. The summed E-state index contributed by atoms with van der Waals surface area (Å²) in [7, 11) is 1.64. The van der Waals surface area contributed by atoms with Crippen LogP contribution in [0.3, 0.4) is 0 Å². The van der Waals surface area contributed by atoms with E-state index in [2.05, 4.69) is 5.32 Å². The van der Waals surface area contributed by atoms with Crippen LogP contribution >= 0.6 is 0 Å². The van der Waals surface area contributed by atoms with Crippen LogP contribution in [0.2, 0.25) is 0 Å². The SMILES string of the molecule is CCCNC(=O)CN(C)C(=O)c1ccc(C)c(C)c1. The number of aryl methyl sites for hydroxylation is 2. The molecule has 104 valence electrons. The molecule has 0 aromatic heterocycles. The predicted molar refractivity (Wildman–Crippen MR) is 76.2 cm³/mol. The predicted octanol–water partition coefficient (Wildman–Crippen LogP) is 1.90. The number of likely N-dealkylation sites (N-methyl/N-ethyl adjacent to an activating group) is 1. The molecule has 1 aromatic carbocycles. The quantitative estimate of drug-likeness (QED) is 0.881. The highest BCUT2D eigenvalue weighted by Crippen LogP contribution is 2.11. The van der Waals surface area contributed by atoms with E-state index in [1.807, 2.05) is 32.9 Å². The molecule has 19 heavy (non-hydrogen) atoms. The fraction of sp³-hybridized carbons (Fsp3) is 0.467. The first-order valence-corrected chi connectivity index (χ1v) is 6.55. The topological polar surface area (TPSA) is 49.4 Å². The van der Waals surface area contributed by atoms with E-state index in [9.17, 15) is 9.59 Å². The van der Waals surface area contributed by atoms with Gasteiger partial charge in [0.2, 0.25) is 5.91 Å². The molecule has 0 aliphatic heterocycles. The smallest absolute Gasteiger partial charge is 0.254 e. The van der Waals surface area contributed by atoms with Crippen molar-refractivity contribution in [1.82, 2.24) is 10.2 Å². The van der Waals surface area contributed by atoms with Crippen molar-refractivity contribution in [2.75, 3.05) is 20.1 Å². The van der Waals surface area contributed by atoms with E-state index in [0.29, 0.717) is 12.1 Å². The van der Waals surface area contributed by atoms with Gasteiger partial charge in [0.15, 0.2) is 0 Å². The van der Waals surface area contributed by atoms with Crippen LogP contribution in [0, 0.1) is 13.8 Å². The monoisotopic (exact) mass is 262 g/mol. The number of benzene rings is 1. The Morgan fingerprint density at radius 2 is 1.89 bits per heavy atom. The molecule has 0 heterocycles. The number of hydrogen-bond donors (Lipinski definition) is 1. The molecular formula is C15H22N2O2. The molecule has 2 amide bonds. The van der Waals surface area contributed by atoms with Gasteiger partial charge in [-0.1, -0.05) is 13.0 Å². The maximum Gasteiger partial charge on any atom is 0.254 e. The van der Waals surface area contributed by atoms with E-state index in [-0.39, 0.29) is 18.4 Å². The number of rotatable bonds is 5. The molecule has 0 saturated heterocycles. The van der Waals surface area contributed by atoms with Crippen LogP contribution in [0.5, 0.6) is 0 Å². The van der Waals surface area contributed by atoms with Crippen LogP contribution in [-0.4, -0.2) is 36.9 Å². The second kappa shape index (κ2) is 6.92. The third kappa shape index (κ3) is 4.39. The standard InChI is InChI=1S/C15H22N2O2/c1-5-8-16-14(18)10-17(4)15(19)13-7-6-11(2)12(3)9-13/h6-7,9H,5,8,10H2,1-4H3,(H,16,18). The molecule has 0 bridgehead atoms. The molecule has 1 rings (SSSR count). The van der Waals surface area contributed by atoms with Crippen LogP contribution in [0.15, 0.2) is 18.2 Å². The van der Waals surface area contributed by atoms with Gasteiger partial charge < -0.3 is 10.2 Å². The molecule has 0 saturated carbocycles. The van der Waals surface area contributed by atoms with Gasteiger partial charge in [-0.3, -0.25) is 9.59 Å². The molecule has 1 aromatic rings. The van der Waals surface area contributed by atoms with E-state index in [1.54, 1.807) is 13.1 Å². The number of amides is 2. The van der Waals surface area contributed by atoms with Crippen LogP contribution in [0.1, 0.15) is 34.8 Å². The molecule has 1 N–H and O–H groups in total. The Morgan fingerprint density at radius 3 is 2.47 bits per heavy atom. The third-order valence-electron chi connectivity index (χ3n) is 3.05. The van der Waals surface area contributed by atoms with Crippen LogP contribution in [0.25, 0.3) is 0 Å². The molecular weight excluding hydrogens is 240 g/mol. The lowest BCUT2D eigenvalue weighted by Crippen LogP contribution is -2.38. The average molecular weight is 262 g/mol. The van der Waals surface area contributed by atoms with Crippen molar-refractivity contribution in [1.29, 1.82) is 0 Å². The summed E-state index contributed by atoms with van der Waals surface area (Å²) in [6.07, 6.45) is 0.889. The van der Waals surface area contributed by atoms with Crippen molar-refractivity contribution in [2.45, 2.75) is 27.2 Å². The largest absolute Gasteiger partial charge is 0.355 e. The zero-order chi connectivity index (χ0) is 14.4. The molecule has 0 unspecified atom stereocenters. The van der Waals surface area contributed by atoms with Gasteiger partial charge in [-0.25, -0.2) is 0 Å². The Labute approximate surface area is 114 Å². The minimum Gasteiger partial charge on any atom is -0.355 e. The van der Waals surface area contributed by atoms with Crippen molar-refractivity contribution in [3.8, 4) is 0 Å². The first-order valence-electron chi connectivity index (χ1n) is 6.55. The lowest BCUT2D eigenvalue weighted by molar-refractivity contribution is -0.121. The highest BCUT2D eigenvalue weighted by molar-refractivity contribution is 5.96. The first kappa shape index (κ1) is 15.2. The van der Waals surface area contributed by atoms with Crippen molar-refractivity contribution in [2.24, 2.45) is 0 Å². The van der Waals surface area contributed by atoms with Crippen molar-refractivity contribution in [3.05, 3.63) is 34.9 Å². The van der Waals surface area contributed by atoms with Crippen molar-refractivity contribution >= 4 is 11.8 Å². The zero-order valence-corrected chi connectivity index (χ0v) is 12.1. The third-order valence-corrected chi connectivity index (χ3v) is 3.05. The highest BCUT2D eigenvalue weighted by Gasteiger charge is 2.14. The minimum absolute atomic E-state index is 0.0890. The number of carbonyl (C=O) groups is 2. The second-order valence-electron chi connectivity index (χ2n) is 4.81. The van der Waals surface area contributed by atoms with Gasteiger partial charge in [0.05, 0.1) is 6.54 Å². The second-order valence-corrected chi connectivity index (χ2v) is 4.81. The van der Waals surface area contributed by atoms with Gasteiger partial charge in [-0.05, 0) is 43.5 Å². The summed E-state index contributed by atoms with van der Waals surface area (Å²) in [4.78, 5) is 25.2. The molecule has 4 heteroatoms. The molecule has 0 aliphatic rings. The van der Waals surface area contributed by atoms with Gasteiger partial charge in [0.25, 0.3) is 5.91 Å². The normalized spacial score (nSPS) is 10.1. The fourth-order valence-electron chi connectivity index (χ4n) is 1.70. The maximum atomic E-state index is 12.2. The summed E-state index contributed by atoms with van der Waals surface area (Å²) in [5.74, 6) is -0.253. The number of hydrogen-bond acceptors (Lipinski definition) is 2. The van der Waals surface area contributed by atoms with Crippen LogP contribution in [0.4, 0.5) is 0 Å². The molecule has 0 radical (unpaired) electrons. The molecule has 0 aliphatic carbocycles. The van der Waals surface area contributed by atoms with Crippen LogP contribution in [-0.2, 0) is 4.79 Å². The number of carbonyl (C=O) groups excluding carboxylic acids is 2. The summed E-state index contributed by atoms with van der Waals surface area (Å²) >= 11 is 0. The molecule has 4 nitrogen and oxygen atoms in total. The average Bonchev–Trinajstić information content (AvgIpc) is 2.38. The number of nitrogens with zero attached hydrogens (tertiary/aromatic N) is 1. The Balaban J connectivity index is 2.66. The van der Waals surface area contributed by atoms with E-state index in [0.717, 1.165) is 17.5 Å². The van der Waals surface area contributed by atoms with Gasteiger partial charge in [0.1, 0.15) is 0 Å². The minimum atomic E-state index is -0.130. The Hall–Kier alpha value is -1.84. The Bertz CT molecular complexity index is 469. The van der Waals surface area contributed by atoms with E-state index < -0.39 is 0 Å². The summed E-state index contributed by atoms with van der Waals surface area (Å²) in [5.41, 5.74) is 2.85. The highest BCUT2D eigenvalue weighted by atomic mass is 16.2. The van der Waals surface area contributed by atoms with Crippen molar-refractivity contribution < 1.29 is 9.59 Å². The van der Waals surface area contributed by atoms with Crippen molar-refractivity contribution in [3.63, 3.8) is 0 Å². The van der Waals surface area contributed by atoms with Gasteiger partial charge in [0, 0.05) is 19.2 Å². The summed E-state index contributed by atoms with van der Waals surface area (Å²) in [6.45, 7) is 6.70. The summed E-state index contributed by atoms with van der Waals surface area (Å²) < 4.78 is 0. The first-order chi connectivity index (χ1) is 8.95. The maximum absolute atomic E-state index is 12.2. The summed E-state index contributed by atoms with van der Waals surface area (Å²) in [5, 5.41) is 2.76. The van der Waals surface area contributed by atoms with Crippen LogP contribution < -0.4 is 5.32 Å². The molecule has 0 fully saturated rings. The lowest BCUT2D eigenvalue weighted by Gasteiger charge is -2.17. The zero-order valence-electron chi connectivity index (χ0n) is 12.1. The lowest BCUT2D eigenvalue weighted by atomic mass is 10.1. The molecule has 0 atom stereocenters. The van der Waals surface area contributed by atoms with E-state index >= 15 is 0 Å². The number of nitrogens with one attached hydrogen (secondary N) is 1. The van der Waals surface area contributed by atoms with E-state index in [1.165, 1.54) is 4.90 Å². The fourth-order valence-corrected chi connectivity index (χ4v) is 1.70. The van der Waals surface area contributed by atoms with E-state index in [4.69, 9.17) is 0 Å². The van der Waals surface area contributed by atoms with Gasteiger partial charge >= 0.3 is 0 Å². The Morgan fingerprint density at radius 1 is 1.21 bits per heavy atom. The summed E-state index contributed by atoms with van der Waals surface area (Å²) in [6, 6.07) is 5.58.